The third-order valence-electron chi connectivity index (χ3n) is 7.79. The summed E-state index contributed by atoms with van der Waals surface area (Å²) in [6.07, 6.45) is 3.54. The maximum Gasteiger partial charge on any atom is 0.251 e. The van der Waals surface area contributed by atoms with E-state index in [2.05, 4.69) is 79.5 Å². The Kier molecular flexibility index (Phi) is 12.7. The Morgan fingerprint density at radius 3 is 2.00 bits per heavy atom. The van der Waals surface area contributed by atoms with Gasteiger partial charge in [0.15, 0.2) is 12.1 Å². The zero-order chi connectivity index (χ0) is 34.0. The molecule has 4 N–H and O–H groups in total. The van der Waals surface area contributed by atoms with Crippen molar-refractivity contribution in [1.82, 2.24) is 20.6 Å². The molecule has 0 spiro atoms. The van der Waals surface area contributed by atoms with Crippen LogP contribution in [0.25, 0.3) is 22.5 Å². The van der Waals surface area contributed by atoms with Gasteiger partial charge in [-0.05, 0) is 64.5 Å². The van der Waals surface area contributed by atoms with Gasteiger partial charge in [-0.2, -0.15) is 0 Å². The van der Waals surface area contributed by atoms with E-state index < -0.39 is 18.2 Å². The lowest BCUT2D eigenvalue weighted by molar-refractivity contribution is -0.123. The predicted molar refractivity (Wildman–Crippen MR) is 189 cm³/mol. The van der Waals surface area contributed by atoms with Gasteiger partial charge < -0.3 is 20.8 Å². The highest BCUT2D eigenvalue weighted by Gasteiger charge is 2.23. The molecular formula is C38H46N4O4S. The van der Waals surface area contributed by atoms with E-state index in [1.165, 1.54) is 11.3 Å². The Labute approximate surface area is 282 Å². The fourth-order valence-electron chi connectivity index (χ4n) is 4.83. The number of thioether (sulfide) groups is 1. The van der Waals surface area contributed by atoms with Gasteiger partial charge in [-0.25, -0.2) is 9.97 Å². The molecule has 1 atom stereocenters. The van der Waals surface area contributed by atoms with E-state index in [1.807, 2.05) is 60.6 Å². The van der Waals surface area contributed by atoms with Crippen molar-refractivity contribution in [2.45, 2.75) is 76.5 Å². The van der Waals surface area contributed by atoms with E-state index in [-0.39, 0.29) is 30.7 Å². The van der Waals surface area contributed by atoms with Crippen molar-refractivity contribution < 1.29 is 19.8 Å². The molecule has 4 rings (SSSR count). The number of aliphatic hydroxyl groups is 2. The van der Waals surface area contributed by atoms with Gasteiger partial charge in [0, 0.05) is 53.4 Å². The number of hydrogen-bond donors (Lipinski definition) is 4. The summed E-state index contributed by atoms with van der Waals surface area (Å²) < 4.78 is 0. The molecular weight excluding hydrogens is 609 g/mol. The Bertz CT molecular complexity index is 1580. The SMILES string of the molecule is CC(C)CCSc1ccc(-c2cnc(-c3ccc(C[C@H](NC(=O)c4ccc(C(C)(C)C)cc4)C(=O)NCCC(O)O)cc3)nc2)cc1. The molecule has 0 aliphatic rings. The summed E-state index contributed by atoms with van der Waals surface area (Å²) in [5.74, 6) is 1.63. The third kappa shape index (κ3) is 11.0. The van der Waals surface area contributed by atoms with Gasteiger partial charge >= 0.3 is 0 Å². The molecule has 0 aliphatic carbocycles. The number of aromatic nitrogens is 2. The Hall–Kier alpha value is -4.05. The molecule has 0 bridgehead atoms. The van der Waals surface area contributed by atoms with Crippen LogP contribution in [0.5, 0.6) is 0 Å². The van der Waals surface area contributed by atoms with Crippen LogP contribution in [0.1, 0.15) is 68.9 Å². The van der Waals surface area contributed by atoms with Crippen LogP contribution in [0, 0.1) is 5.92 Å². The molecule has 3 aromatic carbocycles. The van der Waals surface area contributed by atoms with Crippen molar-refractivity contribution in [1.29, 1.82) is 0 Å². The van der Waals surface area contributed by atoms with E-state index in [9.17, 15) is 19.8 Å². The van der Waals surface area contributed by atoms with Crippen LogP contribution in [0.3, 0.4) is 0 Å². The largest absolute Gasteiger partial charge is 0.368 e. The van der Waals surface area contributed by atoms with Crippen molar-refractivity contribution in [2.24, 2.45) is 5.92 Å². The minimum atomic E-state index is -1.53. The lowest BCUT2D eigenvalue weighted by atomic mass is 9.86. The van der Waals surface area contributed by atoms with E-state index in [1.54, 1.807) is 12.1 Å². The van der Waals surface area contributed by atoms with Crippen LogP contribution in [-0.4, -0.2) is 56.6 Å². The molecule has 0 fully saturated rings. The standard InChI is InChI=1S/C38H46N4O4S/c1-25(2)19-21-47-32-16-12-27(13-17-32)30-23-40-35(41-24-30)28-8-6-26(7-9-28)22-33(37(46)39-20-18-34(43)44)42-36(45)29-10-14-31(15-11-29)38(3,4)5/h6-17,23-25,33-34,43-44H,18-22H2,1-5H3,(H,39,46)(H,42,45)/t33-/m0/s1. The number of nitrogens with zero attached hydrogens (tertiary/aromatic N) is 2. The van der Waals surface area contributed by atoms with E-state index >= 15 is 0 Å². The van der Waals surface area contributed by atoms with Gasteiger partial charge in [0.2, 0.25) is 5.91 Å². The summed E-state index contributed by atoms with van der Waals surface area (Å²) >= 11 is 1.87. The quantitative estimate of drug-likeness (QED) is 0.0916. The van der Waals surface area contributed by atoms with Gasteiger partial charge in [-0.15, -0.1) is 11.8 Å². The minimum absolute atomic E-state index is 0.0169. The first kappa shape index (κ1) is 35.8. The molecule has 0 saturated carbocycles. The van der Waals surface area contributed by atoms with Crippen molar-refractivity contribution in [3.05, 3.63) is 102 Å². The van der Waals surface area contributed by atoms with Gasteiger partial charge in [0.05, 0.1) is 0 Å². The van der Waals surface area contributed by atoms with Crippen LogP contribution in [0.4, 0.5) is 0 Å². The summed E-state index contributed by atoms with van der Waals surface area (Å²) in [5, 5.41) is 23.9. The van der Waals surface area contributed by atoms with Crippen molar-refractivity contribution in [3.63, 3.8) is 0 Å². The smallest absolute Gasteiger partial charge is 0.251 e. The molecule has 4 aromatic rings. The number of amides is 2. The number of carbonyl (C=O) groups is 2. The third-order valence-corrected chi connectivity index (χ3v) is 8.84. The molecule has 47 heavy (non-hydrogen) atoms. The van der Waals surface area contributed by atoms with Gasteiger partial charge in [-0.3, -0.25) is 9.59 Å². The summed E-state index contributed by atoms with van der Waals surface area (Å²) in [7, 11) is 0. The summed E-state index contributed by atoms with van der Waals surface area (Å²) in [6.45, 7) is 10.9. The second kappa shape index (κ2) is 16.7. The minimum Gasteiger partial charge on any atom is -0.368 e. The number of hydrogen-bond acceptors (Lipinski definition) is 7. The summed E-state index contributed by atoms with van der Waals surface area (Å²) in [6, 6.07) is 22.6. The molecule has 9 heteroatoms. The highest BCUT2D eigenvalue weighted by Crippen LogP contribution is 2.26. The van der Waals surface area contributed by atoms with Gasteiger partial charge in [-0.1, -0.05) is 83.1 Å². The molecule has 0 aliphatic heterocycles. The second-order valence-corrected chi connectivity index (χ2v) is 14.3. The van der Waals surface area contributed by atoms with Crippen LogP contribution in [0.2, 0.25) is 0 Å². The molecule has 0 unspecified atom stereocenters. The number of aliphatic hydroxyl groups excluding tert-OH is 1. The van der Waals surface area contributed by atoms with E-state index in [0.717, 1.165) is 33.6 Å². The number of nitrogens with one attached hydrogen (secondary N) is 2. The maximum absolute atomic E-state index is 13.2. The number of rotatable bonds is 14. The highest BCUT2D eigenvalue weighted by atomic mass is 32.2. The Morgan fingerprint density at radius 1 is 0.809 bits per heavy atom. The monoisotopic (exact) mass is 654 g/mol. The van der Waals surface area contributed by atoms with Crippen molar-refractivity contribution in [2.75, 3.05) is 12.3 Å². The second-order valence-electron chi connectivity index (χ2n) is 13.2. The topological polar surface area (TPSA) is 124 Å². The molecule has 1 aromatic heterocycles. The number of benzene rings is 3. The average molecular weight is 655 g/mol. The fraction of sp³-hybridized carbons (Fsp3) is 0.368. The zero-order valence-electron chi connectivity index (χ0n) is 27.9. The Morgan fingerprint density at radius 2 is 1.43 bits per heavy atom. The van der Waals surface area contributed by atoms with E-state index in [4.69, 9.17) is 0 Å². The summed E-state index contributed by atoms with van der Waals surface area (Å²) in [4.78, 5) is 36.7. The van der Waals surface area contributed by atoms with Crippen LogP contribution in [-0.2, 0) is 16.6 Å². The first-order valence-corrected chi connectivity index (χ1v) is 17.1. The van der Waals surface area contributed by atoms with Crippen molar-refractivity contribution >= 4 is 23.6 Å². The lowest BCUT2D eigenvalue weighted by Gasteiger charge is -2.21. The lowest BCUT2D eigenvalue weighted by Crippen LogP contribution is -2.48. The molecule has 0 saturated heterocycles. The molecule has 1 heterocycles. The first-order chi connectivity index (χ1) is 22.4. The first-order valence-electron chi connectivity index (χ1n) is 16.1. The molecule has 8 nitrogen and oxygen atoms in total. The fourth-order valence-corrected chi connectivity index (χ4v) is 5.98. The van der Waals surface area contributed by atoms with Gasteiger partial charge in [0.25, 0.3) is 5.91 Å². The van der Waals surface area contributed by atoms with Gasteiger partial charge in [0.1, 0.15) is 6.04 Å². The van der Waals surface area contributed by atoms with Crippen LogP contribution >= 0.6 is 11.8 Å². The van der Waals surface area contributed by atoms with Crippen LogP contribution < -0.4 is 10.6 Å². The maximum atomic E-state index is 13.2. The number of carbonyl (C=O) groups excluding carboxylic acids is 2. The van der Waals surface area contributed by atoms with Crippen molar-refractivity contribution in [3.8, 4) is 22.5 Å². The zero-order valence-corrected chi connectivity index (χ0v) is 28.7. The van der Waals surface area contributed by atoms with E-state index in [0.29, 0.717) is 17.3 Å². The highest BCUT2D eigenvalue weighted by molar-refractivity contribution is 7.99. The Balaban J connectivity index is 1.42. The summed E-state index contributed by atoms with van der Waals surface area (Å²) in [5.41, 5.74) is 5.17. The van der Waals surface area contributed by atoms with Crippen LogP contribution in [0.15, 0.2) is 90.1 Å². The molecule has 248 valence electrons. The molecule has 0 radical (unpaired) electrons. The predicted octanol–water partition coefficient (Wildman–Crippen LogP) is 6.40. The normalized spacial score (nSPS) is 12.3. The molecule has 2 amide bonds. The average Bonchev–Trinajstić information content (AvgIpc) is 3.04.